The van der Waals surface area contributed by atoms with Crippen LogP contribution in [0.15, 0.2) is 29.2 Å². The Balaban J connectivity index is 0.00000176. The molecule has 0 radical (unpaired) electrons. The number of aromatic nitrogens is 2. The molecule has 0 spiro atoms. The Morgan fingerprint density at radius 2 is 2.23 bits per heavy atom. The van der Waals surface area contributed by atoms with Crippen LogP contribution < -0.4 is 10.9 Å². The number of hydrogen-bond donors (Lipinski definition) is 1. The summed E-state index contributed by atoms with van der Waals surface area (Å²) < 4.78 is 1.62. The van der Waals surface area contributed by atoms with E-state index in [4.69, 9.17) is 0 Å². The van der Waals surface area contributed by atoms with Crippen molar-refractivity contribution in [3.8, 4) is 0 Å². The van der Waals surface area contributed by atoms with Crippen molar-refractivity contribution in [1.29, 1.82) is 0 Å². The van der Waals surface area contributed by atoms with Gasteiger partial charge < -0.3 is 5.32 Å². The highest BCUT2D eigenvalue weighted by Crippen LogP contribution is 2.18. The summed E-state index contributed by atoms with van der Waals surface area (Å²) in [7, 11) is 1.99. The number of pyridine rings is 1. The monoisotopic (exact) mass is 322 g/mol. The number of halogens is 1. The number of nitrogens with one attached hydrogen (secondary N) is 1. The highest BCUT2D eigenvalue weighted by Gasteiger charge is 2.24. The number of aryl methyl sites for hydroxylation is 1. The fourth-order valence-electron chi connectivity index (χ4n) is 3.12. The molecule has 3 heterocycles. The van der Waals surface area contributed by atoms with Crippen molar-refractivity contribution in [3.05, 3.63) is 46.0 Å². The number of nitrogens with zero attached hydrogens (tertiary/aromatic N) is 3. The Bertz CT molecular complexity index is 700. The van der Waals surface area contributed by atoms with E-state index in [2.05, 4.69) is 15.2 Å². The third kappa shape index (κ3) is 3.48. The minimum Gasteiger partial charge on any atom is -0.318 e. The maximum Gasteiger partial charge on any atom is 0.258 e. The number of likely N-dealkylation sites (N-methyl/N-ethyl adjacent to an activating group) is 1. The maximum atomic E-state index is 12.2. The van der Waals surface area contributed by atoms with Gasteiger partial charge >= 0.3 is 0 Å². The number of fused-ring (bicyclic) bond motifs is 1. The SMILES string of the molecule is CNCC1CCCN1Cc1cc(=O)n2cc(C)ccc2n1.Cl. The fraction of sp³-hybridized carbons (Fsp3) is 0.500. The van der Waals surface area contributed by atoms with Gasteiger partial charge in [-0.3, -0.25) is 14.1 Å². The van der Waals surface area contributed by atoms with Gasteiger partial charge in [-0.15, -0.1) is 12.4 Å². The molecule has 5 nitrogen and oxygen atoms in total. The normalized spacial score (nSPS) is 18.5. The van der Waals surface area contributed by atoms with E-state index in [0.717, 1.165) is 36.5 Å². The second-order valence-corrected chi connectivity index (χ2v) is 5.84. The zero-order valence-electron chi connectivity index (χ0n) is 13.1. The van der Waals surface area contributed by atoms with Crippen LogP contribution in [0.3, 0.4) is 0 Å². The van der Waals surface area contributed by atoms with Gasteiger partial charge in [0.2, 0.25) is 0 Å². The average molecular weight is 323 g/mol. The minimum absolute atomic E-state index is 0. The van der Waals surface area contributed by atoms with Crippen LogP contribution >= 0.6 is 12.4 Å². The van der Waals surface area contributed by atoms with Gasteiger partial charge in [0.15, 0.2) is 0 Å². The summed E-state index contributed by atoms with van der Waals surface area (Å²) in [6, 6.07) is 6.12. The molecule has 1 atom stereocenters. The lowest BCUT2D eigenvalue weighted by Gasteiger charge is -2.23. The predicted octanol–water partition coefficient (Wildman–Crippen LogP) is 1.61. The predicted molar refractivity (Wildman–Crippen MR) is 90.8 cm³/mol. The summed E-state index contributed by atoms with van der Waals surface area (Å²) in [5.41, 5.74) is 2.66. The molecule has 0 amide bonds. The lowest BCUT2D eigenvalue weighted by atomic mass is 10.2. The quantitative estimate of drug-likeness (QED) is 0.929. The van der Waals surface area contributed by atoms with Gasteiger partial charge in [0.25, 0.3) is 5.56 Å². The molecule has 3 rings (SSSR count). The summed E-state index contributed by atoms with van der Waals surface area (Å²) in [4.78, 5) is 19.3. The van der Waals surface area contributed by atoms with Crippen LogP contribution in [0.4, 0.5) is 0 Å². The zero-order valence-corrected chi connectivity index (χ0v) is 13.9. The third-order valence-corrected chi connectivity index (χ3v) is 4.16. The Labute approximate surface area is 136 Å². The molecule has 1 saturated heterocycles. The van der Waals surface area contributed by atoms with Crippen molar-refractivity contribution >= 4 is 18.1 Å². The van der Waals surface area contributed by atoms with Crippen LogP contribution in [0.5, 0.6) is 0 Å². The molecule has 6 heteroatoms. The molecule has 1 unspecified atom stereocenters. The smallest absolute Gasteiger partial charge is 0.258 e. The van der Waals surface area contributed by atoms with Crippen molar-refractivity contribution < 1.29 is 0 Å². The standard InChI is InChI=1S/C16H22N4O.ClH/c1-12-5-6-15-18-13(8-16(21)20(15)10-12)11-19-7-3-4-14(19)9-17-2;/h5-6,8,10,14,17H,3-4,7,9,11H2,1-2H3;1H. The molecule has 1 fully saturated rings. The van der Waals surface area contributed by atoms with E-state index >= 15 is 0 Å². The van der Waals surface area contributed by atoms with Crippen LogP contribution in [0.25, 0.3) is 5.65 Å². The van der Waals surface area contributed by atoms with E-state index in [1.807, 2.05) is 32.3 Å². The summed E-state index contributed by atoms with van der Waals surface area (Å²) >= 11 is 0. The van der Waals surface area contributed by atoms with Gasteiger partial charge in [-0.2, -0.15) is 0 Å². The van der Waals surface area contributed by atoms with E-state index in [1.165, 1.54) is 12.8 Å². The second kappa shape index (κ2) is 7.22. The summed E-state index contributed by atoms with van der Waals surface area (Å²) in [6.07, 6.45) is 4.28. The first kappa shape index (κ1) is 16.9. The largest absolute Gasteiger partial charge is 0.318 e. The van der Waals surface area contributed by atoms with E-state index in [-0.39, 0.29) is 18.0 Å². The van der Waals surface area contributed by atoms with Gasteiger partial charge in [0.05, 0.1) is 5.69 Å². The Hall–Kier alpha value is -1.43. The van der Waals surface area contributed by atoms with Gasteiger partial charge in [0, 0.05) is 31.4 Å². The number of hydrogen-bond acceptors (Lipinski definition) is 4. The summed E-state index contributed by atoms with van der Waals surface area (Å²) in [5.74, 6) is 0. The molecule has 0 bridgehead atoms. The molecular formula is C16H23ClN4O. The molecule has 2 aromatic rings. The van der Waals surface area contributed by atoms with Gasteiger partial charge in [-0.05, 0) is 45.0 Å². The summed E-state index contributed by atoms with van der Waals surface area (Å²) in [5, 5.41) is 3.24. The van der Waals surface area contributed by atoms with E-state index in [1.54, 1.807) is 10.5 Å². The van der Waals surface area contributed by atoms with E-state index in [0.29, 0.717) is 6.04 Å². The average Bonchev–Trinajstić information content (AvgIpc) is 2.88. The lowest BCUT2D eigenvalue weighted by molar-refractivity contribution is 0.239. The van der Waals surface area contributed by atoms with Crippen molar-refractivity contribution in [1.82, 2.24) is 19.6 Å². The van der Waals surface area contributed by atoms with Crippen molar-refractivity contribution in [2.45, 2.75) is 32.4 Å². The molecule has 0 aromatic carbocycles. The molecule has 0 aliphatic carbocycles. The maximum absolute atomic E-state index is 12.2. The highest BCUT2D eigenvalue weighted by molar-refractivity contribution is 5.85. The van der Waals surface area contributed by atoms with Crippen LogP contribution in [-0.4, -0.2) is 40.5 Å². The molecule has 22 heavy (non-hydrogen) atoms. The molecule has 2 aromatic heterocycles. The minimum atomic E-state index is 0. The molecule has 0 saturated carbocycles. The van der Waals surface area contributed by atoms with Gasteiger partial charge in [0.1, 0.15) is 5.65 Å². The van der Waals surface area contributed by atoms with E-state index in [9.17, 15) is 4.79 Å². The zero-order chi connectivity index (χ0) is 14.8. The lowest BCUT2D eigenvalue weighted by Crippen LogP contribution is -2.36. The van der Waals surface area contributed by atoms with Gasteiger partial charge in [-0.25, -0.2) is 4.98 Å². The van der Waals surface area contributed by atoms with Crippen LogP contribution in [0.1, 0.15) is 24.1 Å². The Morgan fingerprint density at radius 3 is 3.00 bits per heavy atom. The van der Waals surface area contributed by atoms with Crippen molar-refractivity contribution in [2.24, 2.45) is 0 Å². The third-order valence-electron chi connectivity index (χ3n) is 4.16. The second-order valence-electron chi connectivity index (χ2n) is 5.84. The first-order valence-corrected chi connectivity index (χ1v) is 7.55. The Kier molecular flexibility index (Phi) is 5.56. The van der Waals surface area contributed by atoms with Crippen LogP contribution in [0, 0.1) is 6.92 Å². The van der Waals surface area contributed by atoms with Crippen molar-refractivity contribution in [2.75, 3.05) is 20.1 Å². The molecule has 1 aliphatic rings. The topological polar surface area (TPSA) is 49.6 Å². The molecule has 1 aliphatic heterocycles. The molecule has 1 N–H and O–H groups in total. The van der Waals surface area contributed by atoms with Crippen LogP contribution in [0.2, 0.25) is 0 Å². The molecule has 120 valence electrons. The fourth-order valence-corrected chi connectivity index (χ4v) is 3.12. The first-order chi connectivity index (χ1) is 10.2. The van der Waals surface area contributed by atoms with Crippen LogP contribution in [-0.2, 0) is 6.54 Å². The first-order valence-electron chi connectivity index (χ1n) is 7.55. The molecular weight excluding hydrogens is 300 g/mol. The number of rotatable bonds is 4. The van der Waals surface area contributed by atoms with Gasteiger partial charge in [-0.1, -0.05) is 6.07 Å². The number of likely N-dealkylation sites (tertiary alicyclic amines) is 1. The highest BCUT2D eigenvalue weighted by atomic mass is 35.5. The van der Waals surface area contributed by atoms with E-state index < -0.39 is 0 Å². The van der Waals surface area contributed by atoms with Crippen molar-refractivity contribution in [3.63, 3.8) is 0 Å². The Morgan fingerprint density at radius 1 is 1.41 bits per heavy atom. The summed E-state index contributed by atoms with van der Waals surface area (Å²) in [6.45, 7) is 4.81.